The molecular weight excluding hydrogens is 248 g/mol. The fraction of sp³-hybridized carbons (Fsp3) is 0.529. The standard InChI is InChI=1S/C17H22N2O/c1-19(16-11-7-6-10-15(16)13-18)17(20)12-14-8-4-2-3-5-9-14/h6-7,10-11,14H,2-5,8-9,12H2,1H3. The largest absolute Gasteiger partial charge is 0.314 e. The van der Waals surface area contributed by atoms with Crippen LogP contribution in [0.15, 0.2) is 24.3 Å². The van der Waals surface area contributed by atoms with Crippen molar-refractivity contribution in [1.82, 2.24) is 0 Å². The molecule has 106 valence electrons. The van der Waals surface area contributed by atoms with Crippen LogP contribution < -0.4 is 4.90 Å². The summed E-state index contributed by atoms with van der Waals surface area (Å²) >= 11 is 0. The highest BCUT2D eigenvalue weighted by molar-refractivity contribution is 5.94. The van der Waals surface area contributed by atoms with Gasteiger partial charge in [0.1, 0.15) is 6.07 Å². The highest BCUT2D eigenvalue weighted by Gasteiger charge is 2.20. The molecule has 1 aliphatic rings. The monoisotopic (exact) mass is 270 g/mol. The van der Waals surface area contributed by atoms with Gasteiger partial charge in [-0.2, -0.15) is 5.26 Å². The molecule has 0 N–H and O–H groups in total. The highest BCUT2D eigenvalue weighted by Crippen LogP contribution is 2.27. The average Bonchev–Trinajstić information content (AvgIpc) is 2.75. The summed E-state index contributed by atoms with van der Waals surface area (Å²) in [4.78, 5) is 14.1. The minimum absolute atomic E-state index is 0.125. The smallest absolute Gasteiger partial charge is 0.227 e. The molecule has 1 saturated carbocycles. The first-order valence-electron chi connectivity index (χ1n) is 7.48. The Balaban J connectivity index is 2.03. The van der Waals surface area contributed by atoms with Crippen LogP contribution in [0.5, 0.6) is 0 Å². The molecular formula is C17H22N2O. The third kappa shape index (κ3) is 3.60. The maximum Gasteiger partial charge on any atom is 0.227 e. The van der Waals surface area contributed by atoms with Crippen molar-refractivity contribution in [1.29, 1.82) is 5.26 Å². The Kier molecular flexibility index (Phi) is 5.17. The molecule has 0 aliphatic heterocycles. The SMILES string of the molecule is CN(C(=O)CC1CCCCCC1)c1ccccc1C#N. The summed E-state index contributed by atoms with van der Waals surface area (Å²) in [7, 11) is 1.77. The maximum atomic E-state index is 12.4. The van der Waals surface area contributed by atoms with Gasteiger partial charge < -0.3 is 4.90 Å². The number of nitriles is 1. The maximum absolute atomic E-state index is 12.4. The molecule has 0 heterocycles. The summed E-state index contributed by atoms with van der Waals surface area (Å²) in [5.74, 6) is 0.640. The van der Waals surface area contributed by atoms with Crippen molar-refractivity contribution in [2.75, 3.05) is 11.9 Å². The zero-order valence-electron chi connectivity index (χ0n) is 12.1. The van der Waals surface area contributed by atoms with Gasteiger partial charge in [-0.1, -0.05) is 37.8 Å². The lowest BCUT2D eigenvalue weighted by atomic mass is 9.96. The summed E-state index contributed by atoms with van der Waals surface area (Å²) in [6.45, 7) is 0. The van der Waals surface area contributed by atoms with E-state index < -0.39 is 0 Å². The number of carbonyl (C=O) groups is 1. The van der Waals surface area contributed by atoms with E-state index in [9.17, 15) is 4.79 Å². The molecule has 0 bridgehead atoms. The van der Waals surface area contributed by atoms with Crippen LogP contribution in [0.3, 0.4) is 0 Å². The number of para-hydroxylation sites is 1. The first-order valence-corrected chi connectivity index (χ1v) is 7.48. The Bertz CT molecular complexity index is 496. The molecule has 0 radical (unpaired) electrons. The second-order valence-corrected chi connectivity index (χ2v) is 5.64. The third-order valence-electron chi connectivity index (χ3n) is 4.20. The van der Waals surface area contributed by atoms with Crippen molar-refractivity contribution in [3.8, 4) is 6.07 Å². The normalized spacial score (nSPS) is 16.2. The second kappa shape index (κ2) is 7.09. The van der Waals surface area contributed by atoms with Gasteiger partial charge in [-0.3, -0.25) is 4.79 Å². The van der Waals surface area contributed by atoms with Crippen LogP contribution in [0, 0.1) is 17.2 Å². The summed E-state index contributed by atoms with van der Waals surface area (Å²) in [6.07, 6.45) is 8.04. The molecule has 3 nitrogen and oxygen atoms in total. The number of anilines is 1. The van der Waals surface area contributed by atoms with E-state index in [1.54, 1.807) is 18.0 Å². The van der Waals surface area contributed by atoms with Gasteiger partial charge in [-0.25, -0.2) is 0 Å². The van der Waals surface area contributed by atoms with E-state index in [1.165, 1.54) is 38.5 Å². The lowest BCUT2D eigenvalue weighted by Gasteiger charge is -2.21. The van der Waals surface area contributed by atoms with Gasteiger partial charge in [0.2, 0.25) is 5.91 Å². The first-order chi connectivity index (χ1) is 9.72. The summed E-state index contributed by atoms with van der Waals surface area (Å²) in [6, 6.07) is 9.43. The predicted octanol–water partition coefficient (Wildman–Crippen LogP) is 3.88. The molecule has 1 aromatic carbocycles. The van der Waals surface area contributed by atoms with Gasteiger partial charge in [0, 0.05) is 13.5 Å². The Morgan fingerprint density at radius 3 is 2.55 bits per heavy atom. The van der Waals surface area contributed by atoms with Crippen LogP contribution in [0.2, 0.25) is 0 Å². The number of benzene rings is 1. The highest BCUT2D eigenvalue weighted by atomic mass is 16.2. The molecule has 3 heteroatoms. The topological polar surface area (TPSA) is 44.1 Å². The summed E-state index contributed by atoms with van der Waals surface area (Å²) in [5, 5.41) is 9.12. The third-order valence-corrected chi connectivity index (χ3v) is 4.20. The Labute approximate surface area is 121 Å². The zero-order valence-corrected chi connectivity index (χ0v) is 12.1. The Hall–Kier alpha value is -1.82. The van der Waals surface area contributed by atoms with Crippen LogP contribution in [-0.4, -0.2) is 13.0 Å². The molecule has 0 saturated heterocycles. The Morgan fingerprint density at radius 1 is 1.25 bits per heavy atom. The minimum atomic E-state index is 0.125. The Morgan fingerprint density at radius 2 is 1.90 bits per heavy atom. The van der Waals surface area contributed by atoms with Crippen molar-refractivity contribution in [2.45, 2.75) is 44.9 Å². The predicted molar refractivity (Wildman–Crippen MR) is 80.4 cm³/mol. The van der Waals surface area contributed by atoms with Gasteiger partial charge in [-0.05, 0) is 30.9 Å². The van der Waals surface area contributed by atoms with E-state index in [4.69, 9.17) is 5.26 Å². The fourth-order valence-electron chi connectivity index (χ4n) is 2.95. The van der Waals surface area contributed by atoms with Gasteiger partial charge in [0.25, 0.3) is 0 Å². The second-order valence-electron chi connectivity index (χ2n) is 5.64. The molecule has 20 heavy (non-hydrogen) atoms. The molecule has 1 amide bonds. The van der Waals surface area contributed by atoms with Crippen molar-refractivity contribution in [3.05, 3.63) is 29.8 Å². The summed E-state index contributed by atoms with van der Waals surface area (Å²) in [5.41, 5.74) is 1.28. The minimum Gasteiger partial charge on any atom is -0.314 e. The molecule has 2 rings (SSSR count). The lowest BCUT2D eigenvalue weighted by molar-refractivity contribution is -0.119. The van der Waals surface area contributed by atoms with E-state index in [0.717, 1.165) is 0 Å². The number of amides is 1. The van der Waals surface area contributed by atoms with Crippen molar-refractivity contribution < 1.29 is 4.79 Å². The molecule has 0 atom stereocenters. The van der Waals surface area contributed by atoms with Crippen LogP contribution in [-0.2, 0) is 4.79 Å². The van der Waals surface area contributed by atoms with Crippen LogP contribution >= 0.6 is 0 Å². The number of nitrogens with zero attached hydrogens (tertiary/aromatic N) is 2. The van der Waals surface area contributed by atoms with E-state index >= 15 is 0 Å². The first kappa shape index (κ1) is 14.6. The zero-order chi connectivity index (χ0) is 14.4. The lowest BCUT2D eigenvalue weighted by Crippen LogP contribution is -2.28. The average molecular weight is 270 g/mol. The van der Waals surface area contributed by atoms with E-state index in [1.807, 2.05) is 18.2 Å². The van der Waals surface area contributed by atoms with Crippen LogP contribution in [0.1, 0.15) is 50.5 Å². The number of hydrogen-bond donors (Lipinski definition) is 0. The van der Waals surface area contributed by atoms with Gasteiger partial charge in [0.05, 0.1) is 11.3 Å². The van der Waals surface area contributed by atoms with E-state index in [2.05, 4.69) is 6.07 Å². The van der Waals surface area contributed by atoms with Gasteiger partial charge in [-0.15, -0.1) is 0 Å². The van der Waals surface area contributed by atoms with Crippen molar-refractivity contribution in [3.63, 3.8) is 0 Å². The van der Waals surface area contributed by atoms with Crippen molar-refractivity contribution >= 4 is 11.6 Å². The van der Waals surface area contributed by atoms with E-state index in [-0.39, 0.29) is 5.91 Å². The molecule has 0 spiro atoms. The number of hydrogen-bond acceptors (Lipinski definition) is 2. The molecule has 1 aliphatic carbocycles. The van der Waals surface area contributed by atoms with Crippen LogP contribution in [0.25, 0.3) is 0 Å². The number of carbonyl (C=O) groups excluding carboxylic acids is 1. The van der Waals surface area contributed by atoms with Crippen molar-refractivity contribution in [2.24, 2.45) is 5.92 Å². The van der Waals surface area contributed by atoms with E-state index in [0.29, 0.717) is 23.6 Å². The summed E-state index contributed by atoms with van der Waals surface area (Å²) < 4.78 is 0. The fourth-order valence-corrected chi connectivity index (χ4v) is 2.95. The van der Waals surface area contributed by atoms with Gasteiger partial charge >= 0.3 is 0 Å². The quantitative estimate of drug-likeness (QED) is 0.782. The molecule has 1 fully saturated rings. The molecule has 1 aromatic rings. The van der Waals surface area contributed by atoms with Gasteiger partial charge in [0.15, 0.2) is 0 Å². The molecule has 0 aromatic heterocycles. The van der Waals surface area contributed by atoms with Crippen LogP contribution in [0.4, 0.5) is 5.69 Å². The number of rotatable bonds is 3. The molecule has 0 unspecified atom stereocenters.